The summed E-state index contributed by atoms with van der Waals surface area (Å²) >= 11 is 0. The Kier molecular flexibility index (Phi) is 8.07. The third-order valence-electron chi connectivity index (χ3n) is 5.65. The van der Waals surface area contributed by atoms with Crippen LogP contribution in [0.25, 0.3) is 0 Å². The van der Waals surface area contributed by atoms with Crippen LogP contribution in [0.2, 0.25) is 0 Å². The van der Waals surface area contributed by atoms with Crippen molar-refractivity contribution in [2.24, 2.45) is 0 Å². The van der Waals surface area contributed by atoms with E-state index in [1.807, 2.05) is 12.1 Å². The second-order valence-corrected chi connectivity index (χ2v) is 7.98. The van der Waals surface area contributed by atoms with Crippen molar-refractivity contribution in [3.05, 3.63) is 65.2 Å². The standard InChI is InChI=1S/C24H34N2O3/c1-26(2)23(19-11-13-21(28-3)14-12-19)16-25-15-20(27)17-29-24-10-6-8-18-7-4-5-9-22(18)24/h4-5,7,9,11-14,20,23-25,27H,6,8,10,15-17H2,1-3H3/t20-,23+,24+/m1/s1. The lowest BCUT2D eigenvalue weighted by atomic mass is 9.89. The largest absolute Gasteiger partial charge is 0.497 e. The smallest absolute Gasteiger partial charge is 0.118 e. The van der Waals surface area contributed by atoms with Gasteiger partial charge in [-0.25, -0.2) is 0 Å². The molecular weight excluding hydrogens is 364 g/mol. The van der Waals surface area contributed by atoms with Gasteiger partial charge in [-0.1, -0.05) is 36.4 Å². The molecule has 0 aliphatic heterocycles. The van der Waals surface area contributed by atoms with Crippen molar-refractivity contribution in [1.82, 2.24) is 10.2 Å². The molecule has 0 amide bonds. The molecular formula is C24H34N2O3. The Labute approximate surface area is 174 Å². The fraction of sp³-hybridized carbons (Fsp3) is 0.500. The molecule has 3 atom stereocenters. The molecule has 0 fully saturated rings. The Hall–Kier alpha value is -1.92. The summed E-state index contributed by atoms with van der Waals surface area (Å²) < 4.78 is 11.3. The summed E-state index contributed by atoms with van der Waals surface area (Å²) in [6.45, 7) is 1.61. The minimum Gasteiger partial charge on any atom is -0.497 e. The SMILES string of the molecule is COc1ccc([C@H](CNC[C@@H](O)CO[C@H]2CCCc3ccccc32)N(C)C)cc1. The van der Waals surface area contributed by atoms with Gasteiger partial charge in [-0.3, -0.25) is 0 Å². The van der Waals surface area contributed by atoms with Gasteiger partial charge in [-0.2, -0.15) is 0 Å². The summed E-state index contributed by atoms with van der Waals surface area (Å²) in [5.41, 5.74) is 3.88. The quantitative estimate of drug-likeness (QED) is 0.643. The molecule has 0 unspecified atom stereocenters. The van der Waals surface area contributed by atoms with E-state index in [0.29, 0.717) is 13.2 Å². The Morgan fingerprint density at radius 2 is 1.86 bits per heavy atom. The van der Waals surface area contributed by atoms with Gasteiger partial charge < -0.3 is 24.8 Å². The van der Waals surface area contributed by atoms with Gasteiger partial charge >= 0.3 is 0 Å². The maximum absolute atomic E-state index is 10.4. The van der Waals surface area contributed by atoms with Gasteiger partial charge in [0.2, 0.25) is 0 Å². The number of ether oxygens (including phenoxy) is 2. The van der Waals surface area contributed by atoms with Gasteiger partial charge in [0, 0.05) is 19.1 Å². The maximum atomic E-state index is 10.4. The first-order valence-electron chi connectivity index (χ1n) is 10.5. The number of nitrogens with one attached hydrogen (secondary N) is 1. The van der Waals surface area contributed by atoms with E-state index in [4.69, 9.17) is 9.47 Å². The van der Waals surface area contributed by atoms with Crippen LogP contribution < -0.4 is 10.1 Å². The molecule has 0 bridgehead atoms. The van der Waals surface area contributed by atoms with E-state index in [1.165, 1.54) is 16.7 Å². The Morgan fingerprint density at radius 3 is 2.59 bits per heavy atom. The van der Waals surface area contributed by atoms with Gasteiger partial charge in [-0.15, -0.1) is 0 Å². The van der Waals surface area contributed by atoms with E-state index in [1.54, 1.807) is 7.11 Å². The number of nitrogens with zero attached hydrogens (tertiary/aromatic N) is 1. The van der Waals surface area contributed by atoms with Crippen molar-refractivity contribution in [2.75, 3.05) is 40.9 Å². The van der Waals surface area contributed by atoms with E-state index >= 15 is 0 Å². The third kappa shape index (κ3) is 6.03. The van der Waals surface area contributed by atoms with Gasteiger partial charge in [-0.05, 0) is 62.2 Å². The molecule has 158 valence electrons. The van der Waals surface area contributed by atoms with E-state index in [2.05, 4.69) is 60.7 Å². The molecule has 0 radical (unpaired) electrons. The average molecular weight is 399 g/mol. The first kappa shape index (κ1) is 21.8. The molecule has 0 heterocycles. The van der Waals surface area contributed by atoms with Crippen molar-refractivity contribution in [1.29, 1.82) is 0 Å². The first-order valence-corrected chi connectivity index (χ1v) is 10.5. The van der Waals surface area contributed by atoms with Crippen LogP contribution in [0.4, 0.5) is 0 Å². The molecule has 5 heteroatoms. The molecule has 2 aromatic rings. The van der Waals surface area contributed by atoms with E-state index in [-0.39, 0.29) is 12.1 Å². The number of hydrogen-bond donors (Lipinski definition) is 2. The predicted molar refractivity (Wildman–Crippen MR) is 116 cm³/mol. The van der Waals surface area contributed by atoms with Gasteiger partial charge in [0.05, 0.1) is 25.9 Å². The molecule has 29 heavy (non-hydrogen) atoms. The zero-order valence-electron chi connectivity index (χ0n) is 17.8. The van der Waals surface area contributed by atoms with E-state index in [9.17, 15) is 5.11 Å². The lowest BCUT2D eigenvalue weighted by molar-refractivity contribution is -0.0169. The Morgan fingerprint density at radius 1 is 1.10 bits per heavy atom. The highest BCUT2D eigenvalue weighted by Gasteiger charge is 2.21. The van der Waals surface area contributed by atoms with Crippen LogP contribution in [0, 0.1) is 0 Å². The second kappa shape index (κ2) is 10.7. The monoisotopic (exact) mass is 398 g/mol. The highest BCUT2D eigenvalue weighted by atomic mass is 16.5. The molecule has 2 N–H and O–H groups in total. The van der Waals surface area contributed by atoms with Crippen LogP contribution in [-0.4, -0.2) is 57.0 Å². The molecule has 2 aromatic carbocycles. The number of rotatable bonds is 10. The lowest BCUT2D eigenvalue weighted by Gasteiger charge is -2.28. The maximum Gasteiger partial charge on any atom is 0.118 e. The summed E-state index contributed by atoms with van der Waals surface area (Å²) in [5, 5.41) is 13.8. The topological polar surface area (TPSA) is 54.0 Å². The van der Waals surface area contributed by atoms with Gasteiger partial charge in [0.25, 0.3) is 0 Å². The Bertz CT molecular complexity index is 748. The number of benzene rings is 2. The zero-order valence-corrected chi connectivity index (χ0v) is 17.8. The van der Waals surface area contributed by atoms with E-state index < -0.39 is 6.10 Å². The van der Waals surface area contributed by atoms with Crippen LogP contribution >= 0.6 is 0 Å². The molecule has 5 nitrogen and oxygen atoms in total. The van der Waals surface area contributed by atoms with Crippen LogP contribution in [-0.2, 0) is 11.2 Å². The highest BCUT2D eigenvalue weighted by Crippen LogP contribution is 2.32. The minimum atomic E-state index is -0.525. The molecule has 0 spiro atoms. The number of aliphatic hydroxyl groups excluding tert-OH is 1. The van der Waals surface area contributed by atoms with Crippen molar-refractivity contribution < 1.29 is 14.6 Å². The molecule has 1 aliphatic rings. The number of methoxy groups -OCH3 is 1. The number of likely N-dealkylation sites (N-methyl/N-ethyl adjacent to an activating group) is 1. The summed E-state index contributed by atoms with van der Waals surface area (Å²) in [6.07, 6.45) is 2.86. The van der Waals surface area contributed by atoms with Crippen LogP contribution in [0.15, 0.2) is 48.5 Å². The van der Waals surface area contributed by atoms with Crippen molar-refractivity contribution in [3.63, 3.8) is 0 Å². The minimum absolute atomic E-state index is 0.100. The van der Waals surface area contributed by atoms with Gasteiger partial charge in [0.1, 0.15) is 5.75 Å². The molecule has 3 rings (SSSR count). The lowest BCUT2D eigenvalue weighted by Crippen LogP contribution is -2.37. The zero-order chi connectivity index (χ0) is 20.6. The second-order valence-electron chi connectivity index (χ2n) is 7.98. The summed E-state index contributed by atoms with van der Waals surface area (Å²) in [6, 6.07) is 16.9. The van der Waals surface area contributed by atoms with Crippen molar-refractivity contribution in [3.8, 4) is 5.75 Å². The summed E-state index contributed by atoms with van der Waals surface area (Å²) in [5.74, 6) is 0.857. The molecule has 0 saturated carbocycles. The summed E-state index contributed by atoms with van der Waals surface area (Å²) in [7, 11) is 5.81. The third-order valence-corrected chi connectivity index (χ3v) is 5.65. The number of aryl methyl sites for hydroxylation is 1. The fourth-order valence-electron chi connectivity index (χ4n) is 3.98. The van der Waals surface area contributed by atoms with Crippen LogP contribution in [0.5, 0.6) is 5.75 Å². The number of aliphatic hydroxyl groups is 1. The van der Waals surface area contributed by atoms with E-state index in [0.717, 1.165) is 31.6 Å². The molecule has 0 saturated heterocycles. The van der Waals surface area contributed by atoms with Gasteiger partial charge in [0.15, 0.2) is 0 Å². The first-order chi connectivity index (χ1) is 14.1. The number of hydrogen-bond acceptors (Lipinski definition) is 5. The fourth-order valence-corrected chi connectivity index (χ4v) is 3.98. The number of fused-ring (bicyclic) bond motifs is 1. The van der Waals surface area contributed by atoms with Crippen molar-refractivity contribution in [2.45, 2.75) is 37.5 Å². The summed E-state index contributed by atoms with van der Waals surface area (Å²) in [4.78, 5) is 2.18. The normalized spacial score (nSPS) is 18.3. The average Bonchev–Trinajstić information content (AvgIpc) is 2.75. The predicted octanol–water partition coefficient (Wildman–Crippen LogP) is 3.34. The molecule has 0 aromatic heterocycles. The van der Waals surface area contributed by atoms with Crippen LogP contribution in [0.1, 0.15) is 41.7 Å². The van der Waals surface area contributed by atoms with Crippen molar-refractivity contribution >= 4 is 0 Å². The molecule has 1 aliphatic carbocycles. The Balaban J connectivity index is 1.45. The van der Waals surface area contributed by atoms with Crippen LogP contribution in [0.3, 0.4) is 0 Å². The highest BCUT2D eigenvalue weighted by molar-refractivity contribution is 5.31.